The Morgan fingerprint density at radius 3 is 2.70 bits per heavy atom. The van der Waals surface area contributed by atoms with Crippen LogP contribution < -0.4 is 10.1 Å². The molecule has 0 bridgehead atoms. The molecular formula is C17H16FN3O2. The van der Waals surface area contributed by atoms with E-state index in [0.717, 1.165) is 0 Å². The number of benzene rings is 2. The second kappa shape index (κ2) is 6.48. The number of hydrogen-bond donors (Lipinski definition) is 1. The molecule has 0 radical (unpaired) electrons. The first-order valence-corrected chi connectivity index (χ1v) is 7.22. The van der Waals surface area contributed by atoms with Crippen LogP contribution in [0.3, 0.4) is 0 Å². The number of carbonyl (C=O) groups excluding carboxylic acids is 1. The van der Waals surface area contributed by atoms with Crippen LogP contribution in [-0.4, -0.2) is 37.0 Å². The summed E-state index contributed by atoms with van der Waals surface area (Å²) in [6.07, 6.45) is 0. The number of amides is 1. The van der Waals surface area contributed by atoms with Crippen LogP contribution in [0.2, 0.25) is 0 Å². The lowest BCUT2D eigenvalue weighted by Gasteiger charge is -2.16. The lowest BCUT2D eigenvalue weighted by molar-refractivity contribution is 0.0859. The van der Waals surface area contributed by atoms with Crippen LogP contribution in [-0.2, 0) is 0 Å². The molecule has 0 aromatic heterocycles. The molecule has 1 saturated heterocycles. The highest BCUT2D eigenvalue weighted by Crippen LogP contribution is 2.27. The Labute approximate surface area is 133 Å². The molecule has 1 N–H and O–H groups in total. The number of guanidine groups is 1. The van der Waals surface area contributed by atoms with Crippen molar-refractivity contribution in [3.05, 3.63) is 59.9 Å². The fraction of sp³-hybridized carbons (Fsp3) is 0.176. The van der Waals surface area contributed by atoms with Gasteiger partial charge in [0.25, 0.3) is 5.91 Å². The van der Waals surface area contributed by atoms with Crippen LogP contribution in [0.1, 0.15) is 10.4 Å². The van der Waals surface area contributed by atoms with Crippen molar-refractivity contribution in [2.24, 2.45) is 4.99 Å². The molecule has 6 heteroatoms. The molecule has 0 unspecified atom stereocenters. The van der Waals surface area contributed by atoms with Gasteiger partial charge in [0.15, 0.2) is 0 Å². The van der Waals surface area contributed by atoms with Crippen LogP contribution in [0, 0.1) is 5.82 Å². The predicted octanol–water partition coefficient (Wildman–Crippen LogP) is 2.57. The maximum Gasteiger partial charge on any atom is 0.260 e. The number of hydrogen-bond acceptors (Lipinski definition) is 3. The van der Waals surface area contributed by atoms with E-state index in [9.17, 15) is 9.18 Å². The topological polar surface area (TPSA) is 53.9 Å². The standard InChI is InChI=1S/C17H16FN3O2/c1-23-15-5-3-2-4-14(15)20-17-19-10-11-21(17)16(22)12-6-8-13(18)9-7-12/h2-9H,10-11H2,1H3,(H,19,20). The molecule has 0 aliphatic carbocycles. The van der Waals surface area contributed by atoms with Crippen molar-refractivity contribution in [2.45, 2.75) is 0 Å². The first-order valence-electron chi connectivity index (χ1n) is 7.22. The Bertz CT molecular complexity index is 744. The summed E-state index contributed by atoms with van der Waals surface area (Å²) in [5.74, 6) is 0.499. The summed E-state index contributed by atoms with van der Waals surface area (Å²) < 4.78 is 18.3. The normalized spacial score (nSPS) is 15.6. The Kier molecular flexibility index (Phi) is 4.23. The molecule has 5 nitrogen and oxygen atoms in total. The summed E-state index contributed by atoms with van der Waals surface area (Å²) in [5.41, 5.74) is 1.05. The SMILES string of the molecule is COc1ccccc1N=C1NCCN1C(=O)c1ccc(F)cc1. The highest BCUT2D eigenvalue weighted by Gasteiger charge is 2.26. The minimum absolute atomic E-state index is 0.219. The summed E-state index contributed by atoms with van der Waals surface area (Å²) in [7, 11) is 1.57. The molecule has 1 fully saturated rings. The van der Waals surface area contributed by atoms with E-state index >= 15 is 0 Å². The lowest BCUT2D eigenvalue weighted by atomic mass is 10.2. The number of nitrogens with zero attached hydrogens (tertiary/aromatic N) is 2. The van der Waals surface area contributed by atoms with Crippen molar-refractivity contribution in [3.63, 3.8) is 0 Å². The number of ether oxygens (including phenoxy) is 1. The van der Waals surface area contributed by atoms with E-state index < -0.39 is 0 Å². The molecular weight excluding hydrogens is 297 g/mol. The van der Waals surface area contributed by atoms with Crippen LogP contribution in [0.5, 0.6) is 5.75 Å². The molecule has 118 valence electrons. The van der Waals surface area contributed by atoms with Crippen molar-refractivity contribution < 1.29 is 13.9 Å². The Morgan fingerprint density at radius 2 is 1.96 bits per heavy atom. The summed E-state index contributed by atoms with van der Waals surface area (Å²) in [6.45, 7) is 1.12. The maximum absolute atomic E-state index is 13.0. The van der Waals surface area contributed by atoms with E-state index in [4.69, 9.17) is 4.74 Å². The van der Waals surface area contributed by atoms with Gasteiger partial charge in [-0.25, -0.2) is 9.38 Å². The van der Waals surface area contributed by atoms with Crippen LogP contribution in [0.25, 0.3) is 0 Å². The van der Waals surface area contributed by atoms with Gasteiger partial charge in [-0.05, 0) is 36.4 Å². The number of rotatable bonds is 3. The molecule has 0 atom stereocenters. The van der Waals surface area contributed by atoms with Crippen molar-refractivity contribution in [2.75, 3.05) is 20.2 Å². The van der Waals surface area contributed by atoms with Gasteiger partial charge in [0.2, 0.25) is 5.96 Å². The Balaban J connectivity index is 1.89. The third kappa shape index (κ3) is 3.15. The largest absolute Gasteiger partial charge is 0.494 e. The molecule has 1 heterocycles. The van der Waals surface area contributed by atoms with E-state index in [1.54, 1.807) is 18.1 Å². The molecule has 2 aromatic carbocycles. The third-order valence-corrected chi connectivity index (χ3v) is 3.52. The van der Waals surface area contributed by atoms with Crippen LogP contribution >= 0.6 is 0 Å². The van der Waals surface area contributed by atoms with Gasteiger partial charge in [-0.3, -0.25) is 9.69 Å². The van der Waals surface area contributed by atoms with Crippen molar-refractivity contribution in [1.82, 2.24) is 10.2 Å². The van der Waals surface area contributed by atoms with E-state index in [-0.39, 0.29) is 11.7 Å². The summed E-state index contributed by atoms with van der Waals surface area (Å²) >= 11 is 0. The number of aliphatic imine (C=N–C) groups is 1. The second-order valence-corrected chi connectivity index (χ2v) is 5.00. The predicted molar refractivity (Wildman–Crippen MR) is 85.5 cm³/mol. The summed E-state index contributed by atoms with van der Waals surface area (Å²) in [5, 5.41) is 3.09. The molecule has 23 heavy (non-hydrogen) atoms. The first-order chi connectivity index (χ1) is 11.2. The van der Waals surface area contributed by atoms with Crippen LogP contribution in [0.4, 0.5) is 10.1 Å². The minimum atomic E-state index is -0.371. The number of halogens is 1. The number of methoxy groups -OCH3 is 1. The monoisotopic (exact) mass is 313 g/mol. The molecule has 1 amide bonds. The highest BCUT2D eigenvalue weighted by molar-refractivity contribution is 6.07. The highest BCUT2D eigenvalue weighted by atomic mass is 19.1. The van der Waals surface area contributed by atoms with Gasteiger partial charge < -0.3 is 10.1 Å². The third-order valence-electron chi connectivity index (χ3n) is 3.52. The average molecular weight is 313 g/mol. The number of carbonyl (C=O) groups is 1. The van der Waals surface area contributed by atoms with Gasteiger partial charge >= 0.3 is 0 Å². The van der Waals surface area contributed by atoms with Crippen LogP contribution in [0.15, 0.2) is 53.5 Å². The van der Waals surface area contributed by atoms with Gasteiger partial charge in [-0.15, -0.1) is 0 Å². The summed E-state index contributed by atoms with van der Waals surface area (Å²) in [6, 6.07) is 12.8. The average Bonchev–Trinajstić information content (AvgIpc) is 3.03. The molecule has 0 saturated carbocycles. The van der Waals surface area contributed by atoms with E-state index in [1.165, 1.54) is 24.3 Å². The molecule has 1 aliphatic rings. The molecule has 3 rings (SSSR count). The van der Waals surface area contributed by atoms with Crippen molar-refractivity contribution in [1.29, 1.82) is 0 Å². The quantitative estimate of drug-likeness (QED) is 0.947. The smallest absolute Gasteiger partial charge is 0.260 e. The zero-order valence-corrected chi connectivity index (χ0v) is 12.6. The van der Waals surface area contributed by atoms with Gasteiger partial charge in [-0.2, -0.15) is 0 Å². The fourth-order valence-electron chi connectivity index (χ4n) is 2.36. The van der Waals surface area contributed by atoms with Gasteiger partial charge in [0.1, 0.15) is 17.3 Å². The number of para-hydroxylation sites is 2. The first kappa shape index (κ1) is 15.0. The molecule has 1 aliphatic heterocycles. The number of nitrogens with one attached hydrogen (secondary N) is 1. The van der Waals surface area contributed by atoms with E-state index in [1.807, 2.05) is 18.2 Å². The van der Waals surface area contributed by atoms with E-state index in [0.29, 0.717) is 36.0 Å². The van der Waals surface area contributed by atoms with Gasteiger partial charge in [-0.1, -0.05) is 12.1 Å². The zero-order valence-electron chi connectivity index (χ0n) is 12.6. The van der Waals surface area contributed by atoms with Gasteiger partial charge in [0.05, 0.1) is 7.11 Å². The van der Waals surface area contributed by atoms with E-state index in [2.05, 4.69) is 10.3 Å². The maximum atomic E-state index is 13.0. The lowest BCUT2D eigenvalue weighted by Crippen LogP contribution is -2.35. The fourth-order valence-corrected chi connectivity index (χ4v) is 2.36. The minimum Gasteiger partial charge on any atom is -0.494 e. The molecule has 2 aromatic rings. The van der Waals surface area contributed by atoms with Crippen molar-refractivity contribution >= 4 is 17.6 Å². The Hall–Kier alpha value is -2.89. The van der Waals surface area contributed by atoms with Crippen molar-refractivity contribution in [3.8, 4) is 5.75 Å². The second-order valence-electron chi connectivity index (χ2n) is 5.00. The Morgan fingerprint density at radius 1 is 1.22 bits per heavy atom. The summed E-state index contributed by atoms with van der Waals surface area (Å²) in [4.78, 5) is 18.6. The molecule has 0 spiro atoms. The zero-order chi connectivity index (χ0) is 16.2. The van der Waals surface area contributed by atoms with Gasteiger partial charge in [0, 0.05) is 18.7 Å².